The highest BCUT2D eigenvalue weighted by atomic mass is 16.5. The van der Waals surface area contributed by atoms with Crippen molar-refractivity contribution in [3.8, 4) is 11.8 Å². The predicted molar refractivity (Wildman–Crippen MR) is 67.1 cm³/mol. The van der Waals surface area contributed by atoms with Gasteiger partial charge in [0.25, 0.3) is 0 Å². The van der Waals surface area contributed by atoms with Crippen molar-refractivity contribution < 1.29 is 9.47 Å². The molecule has 0 amide bonds. The molecule has 0 aliphatic heterocycles. The summed E-state index contributed by atoms with van der Waals surface area (Å²) in [4.78, 5) is 0. The van der Waals surface area contributed by atoms with Crippen LogP contribution in [0.5, 0.6) is 5.75 Å². The molecule has 0 heterocycles. The molecule has 2 atom stereocenters. The van der Waals surface area contributed by atoms with E-state index in [2.05, 4.69) is 11.4 Å². The van der Waals surface area contributed by atoms with E-state index in [0.717, 1.165) is 11.4 Å². The number of nitrogens with zero attached hydrogens (tertiary/aromatic N) is 1. The number of ether oxygens (including phenoxy) is 2. The average Bonchev–Trinajstić information content (AvgIpc) is 2.36. The number of nitriles is 1. The summed E-state index contributed by atoms with van der Waals surface area (Å²) in [6.07, 6.45) is 0. The van der Waals surface area contributed by atoms with Crippen LogP contribution in [0.15, 0.2) is 24.3 Å². The predicted octanol–water partition coefficient (Wildman–Crippen LogP) is 2.28. The van der Waals surface area contributed by atoms with Gasteiger partial charge in [0.2, 0.25) is 0 Å². The molecule has 0 saturated carbocycles. The summed E-state index contributed by atoms with van der Waals surface area (Å²) < 4.78 is 10.2. The third-order valence-electron chi connectivity index (χ3n) is 2.53. The lowest BCUT2D eigenvalue weighted by Gasteiger charge is -2.19. The summed E-state index contributed by atoms with van der Waals surface area (Å²) >= 11 is 0. The lowest BCUT2D eigenvalue weighted by atomic mass is 10.0. The van der Waals surface area contributed by atoms with E-state index in [0.29, 0.717) is 6.61 Å². The van der Waals surface area contributed by atoms with Gasteiger partial charge in [-0.25, -0.2) is 0 Å². The SMILES string of the molecule is COCC(C)C(C#N)Nc1cccc(OC)c1. The molecule has 0 fully saturated rings. The number of benzene rings is 1. The van der Waals surface area contributed by atoms with E-state index in [4.69, 9.17) is 14.7 Å². The number of methoxy groups -OCH3 is 2. The van der Waals surface area contributed by atoms with Crippen LogP contribution in [0.1, 0.15) is 6.92 Å². The topological polar surface area (TPSA) is 54.3 Å². The van der Waals surface area contributed by atoms with Gasteiger partial charge in [-0.2, -0.15) is 5.26 Å². The van der Waals surface area contributed by atoms with E-state index in [1.165, 1.54) is 0 Å². The molecular weight excluding hydrogens is 216 g/mol. The minimum absolute atomic E-state index is 0.121. The van der Waals surface area contributed by atoms with Gasteiger partial charge in [-0.05, 0) is 12.1 Å². The summed E-state index contributed by atoms with van der Waals surface area (Å²) in [5, 5.41) is 12.3. The third-order valence-corrected chi connectivity index (χ3v) is 2.53. The van der Waals surface area contributed by atoms with Crippen LogP contribution in [-0.4, -0.2) is 26.9 Å². The van der Waals surface area contributed by atoms with Crippen LogP contribution in [0, 0.1) is 17.2 Å². The van der Waals surface area contributed by atoms with Crippen LogP contribution >= 0.6 is 0 Å². The zero-order chi connectivity index (χ0) is 12.7. The Morgan fingerprint density at radius 2 is 2.18 bits per heavy atom. The summed E-state index contributed by atoms with van der Waals surface area (Å²) in [6.45, 7) is 2.53. The second-order valence-electron chi connectivity index (χ2n) is 3.92. The van der Waals surface area contributed by atoms with E-state index < -0.39 is 0 Å². The molecule has 0 radical (unpaired) electrons. The molecule has 1 N–H and O–H groups in total. The van der Waals surface area contributed by atoms with Gasteiger partial charge in [0, 0.05) is 24.8 Å². The van der Waals surface area contributed by atoms with Crippen LogP contribution in [-0.2, 0) is 4.74 Å². The van der Waals surface area contributed by atoms with Gasteiger partial charge >= 0.3 is 0 Å². The summed E-state index contributed by atoms with van der Waals surface area (Å²) in [5.41, 5.74) is 0.874. The Balaban J connectivity index is 2.70. The number of anilines is 1. The first kappa shape index (κ1) is 13.3. The van der Waals surface area contributed by atoms with Gasteiger partial charge in [-0.3, -0.25) is 0 Å². The first-order chi connectivity index (χ1) is 8.21. The molecule has 0 spiro atoms. The van der Waals surface area contributed by atoms with Gasteiger partial charge < -0.3 is 14.8 Å². The van der Waals surface area contributed by atoms with E-state index in [-0.39, 0.29) is 12.0 Å². The van der Waals surface area contributed by atoms with Crippen LogP contribution in [0.2, 0.25) is 0 Å². The van der Waals surface area contributed by atoms with E-state index >= 15 is 0 Å². The van der Waals surface area contributed by atoms with Crippen molar-refractivity contribution in [3.63, 3.8) is 0 Å². The number of hydrogen-bond donors (Lipinski definition) is 1. The molecule has 0 aliphatic carbocycles. The molecule has 92 valence electrons. The Labute approximate surface area is 102 Å². The molecule has 1 aromatic carbocycles. The van der Waals surface area contributed by atoms with Gasteiger partial charge in [0.15, 0.2) is 0 Å². The van der Waals surface area contributed by atoms with Crippen molar-refractivity contribution in [1.29, 1.82) is 5.26 Å². The van der Waals surface area contributed by atoms with Gasteiger partial charge in [-0.1, -0.05) is 13.0 Å². The van der Waals surface area contributed by atoms with E-state index in [1.807, 2.05) is 31.2 Å². The lowest BCUT2D eigenvalue weighted by Crippen LogP contribution is -2.28. The number of hydrogen-bond acceptors (Lipinski definition) is 4. The quantitative estimate of drug-likeness (QED) is 0.820. The normalized spacial score (nSPS) is 13.5. The molecule has 0 saturated heterocycles. The largest absolute Gasteiger partial charge is 0.497 e. The summed E-state index contributed by atoms with van der Waals surface area (Å²) in [6, 6.07) is 9.49. The second kappa shape index (κ2) is 6.77. The zero-order valence-corrected chi connectivity index (χ0v) is 10.4. The maximum atomic E-state index is 9.11. The summed E-state index contributed by atoms with van der Waals surface area (Å²) in [7, 11) is 3.25. The Kier molecular flexibility index (Phi) is 5.31. The Morgan fingerprint density at radius 1 is 1.41 bits per heavy atom. The van der Waals surface area contributed by atoms with Crippen molar-refractivity contribution in [2.75, 3.05) is 26.1 Å². The first-order valence-corrected chi connectivity index (χ1v) is 5.50. The molecule has 4 nitrogen and oxygen atoms in total. The van der Waals surface area contributed by atoms with E-state index in [9.17, 15) is 0 Å². The maximum Gasteiger partial charge on any atom is 0.120 e. The molecule has 0 aliphatic rings. The highest BCUT2D eigenvalue weighted by Crippen LogP contribution is 2.19. The molecule has 2 unspecified atom stereocenters. The van der Waals surface area contributed by atoms with Gasteiger partial charge in [0.1, 0.15) is 11.8 Å². The van der Waals surface area contributed by atoms with Crippen LogP contribution in [0.3, 0.4) is 0 Å². The monoisotopic (exact) mass is 234 g/mol. The Morgan fingerprint density at radius 3 is 2.76 bits per heavy atom. The van der Waals surface area contributed by atoms with Gasteiger partial charge in [-0.15, -0.1) is 0 Å². The number of rotatable bonds is 6. The maximum absolute atomic E-state index is 9.11. The lowest BCUT2D eigenvalue weighted by molar-refractivity contribution is 0.157. The zero-order valence-electron chi connectivity index (χ0n) is 10.4. The fourth-order valence-corrected chi connectivity index (χ4v) is 1.55. The molecule has 0 aromatic heterocycles. The standard InChI is InChI=1S/C13H18N2O2/c1-10(9-16-2)13(8-14)15-11-5-4-6-12(7-11)17-3/h4-7,10,13,15H,9H2,1-3H3. The van der Waals surface area contributed by atoms with Crippen molar-refractivity contribution in [1.82, 2.24) is 0 Å². The molecule has 1 aromatic rings. The van der Waals surface area contributed by atoms with E-state index in [1.54, 1.807) is 14.2 Å². The fourth-order valence-electron chi connectivity index (χ4n) is 1.55. The smallest absolute Gasteiger partial charge is 0.120 e. The summed E-state index contributed by atoms with van der Waals surface area (Å²) in [5.74, 6) is 0.891. The first-order valence-electron chi connectivity index (χ1n) is 5.50. The molecule has 4 heteroatoms. The van der Waals surface area contributed by atoms with Crippen molar-refractivity contribution in [2.45, 2.75) is 13.0 Å². The Bertz CT molecular complexity index is 387. The fraction of sp³-hybridized carbons (Fsp3) is 0.462. The molecule has 0 bridgehead atoms. The minimum atomic E-state index is -0.276. The highest BCUT2D eigenvalue weighted by molar-refractivity contribution is 5.49. The highest BCUT2D eigenvalue weighted by Gasteiger charge is 2.16. The third kappa shape index (κ3) is 3.97. The van der Waals surface area contributed by atoms with Crippen LogP contribution in [0.4, 0.5) is 5.69 Å². The average molecular weight is 234 g/mol. The van der Waals surface area contributed by atoms with Crippen molar-refractivity contribution in [2.24, 2.45) is 5.92 Å². The minimum Gasteiger partial charge on any atom is -0.497 e. The van der Waals surface area contributed by atoms with Crippen molar-refractivity contribution >= 4 is 5.69 Å². The molecular formula is C13H18N2O2. The van der Waals surface area contributed by atoms with Gasteiger partial charge in [0.05, 0.1) is 19.8 Å². The molecule has 17 heavy (non-hydrogen) atoms. The Hall–Kier alpha value is -1.73. The van der Waals surface area contributed by atoms with Crippen molar-refractivity contribution in [3.05, 3.63) is 24.3 Å². The van der Waals surface area contributed by atoms with Crippen LogP contribution in [0.25, 0.3) is 0 Å². The molecule has 1 rings (SSSR count). The van der Waals surface area contributed by atoms with Crippen LogP contribution < -0.4 is 10.1 Å². The second-order valence-corrected chi connectivity index (χ2v) is 3.92. The number of nitrogens with one attached hydrogen (secondary N) is 1.